The minimum Gasteiger partial charge on any atom is -0.391 e. The van der Waals surface area contributed by atoms with Gasteiger partial charge in [0.1, 0.15) is 0 Å². The van der Waals surface area contributed by atoms with Crippen LogP contribution in [0.5, 0.6) is 0 Å². The molecule has 1 aliphatic rings. The fourth-order valence-electron chi connectivity index (χ4n) is 2.51. The molecule has 0 aromatic heterocycles. The molecule has 1 atom stereocenters. The van der Waals surface area contributed by atoms with Gasteiger partial charge >= 0.3 is 0 Å². The summed E-state index contributed by atoms with van der Waals surface area (Å²) >= 11 is 0. The van der Waals surface area contributed by atoms with E-state index < -0.39 is 0 Å². The number of aliphatic hydroxyl groups excluding tert-OH is 1. The van der Waals surface area contributed by atoms with E-state index in [0.717, 1.165) is 18.8 Å². The van der Waals surface area contributed by atoms with E-state index in [1.54, 1.807) is 4.90 Å². The van der Waals surface area contributed by atoms with E-state index in [4.69, 9.17) is 0 Å². The van der Waals surface area contributed by atoms with E-state index in [0.29, 0.717) is 25.1 Å². The molecule has 4 heteroatoms. The SMILES string of the molecule is CCN(CC)c1ccc(C(=O)N2CC[C@H](O)C2)cc1. The van der Waals surface area contributed by atoms with Crippen molar-refractivity contribution in [2.24, 2.45) is 0 Å². The van der Waals surface area contributed by atoms with Gasteiger partial charge in [0.2, 0.25) is 0 Å². The van der Waals surface area contributed by atoms with Crippen molar-refractivity contribution in [1.82, 2.24) is 4.90 Å². The molecule has 1 aromatic carbocycles. The lowest BCUT2D eigenvalue weighted by molar-refractivity contribution is 0.0765. The van der Waals surface area contributed by atoms with E-state index in [9.17, 15) is 9.90 Å². The first kappa shape index (κ1) is 13.9. The predicted molar refractivity (Wildman–Crippen MR) is 76.5 cm³/mol. The molecule has 0 unspecified atom stereocenters. The van der Waals surface area contributed by atoms with Crippen molar-refractivity contribution in [2.45, 2.75) is 26.4 Å². The van der Waals surface area contributed by atoms with Gasteiger partial charge in [-0.05, 0) is 44.5 Å². The molecule has 104 valence electrons. The second kappa shape index (κ2) is 6.06. The van der Waals surface area contributed by atoms with Gasteiger partial charge in [-0.15, -0.1) is 0 Å². The Labute approximate surface area is 114 Å². The first-order valence-electron chi connectivity index (χ1n) is 6.98. The smallest absolute Gasteiger partial charge is 0.253 e. The molecule has 4 nitrogen and oxygen atoms in total. The minimum atomic E-state index is -0.362. The Morgan fingerprint density at radius 2 is 1.95 bits per heavy atom. The number of amides is 1. The van der Waals surface area contributed by atoms with E-state index in [1.165, 1.54) is 0 Å². The molecule has 0 radical (unpaired) electrons. The molecule has 1 N–H and O–H groups in total. The van der Waals surface area contributed by atoms with Crippen molar-refractivity contribution in [3.05, 3.63) is 29.8 Å². The Morgan fingerprint density at radius 3 is 2.42 bits per heavy atom. The highest BCUT2D eigenvalue weighted by Crippen LogP contribution is 2.18. The van der Waals surface area contributed by atoms with E-state index in [1.807, 2.05) is 24.3 Å². The number of aliphatic hydroxyl groups is 1. The molecule has 0 aliphatic carbocycles. The van der Waals surface area contributed by atoms with Crippen LogP contribution in [-0.4, -0.2) is 48.2 Å². The van der Waals surface area contributed by atoms with Gasteiger partial charge in [0.25, 0.3) is 5.91 Å². The summed E-state index contributed by atoms with van der Waals surface area (Å²) in [6.45, 7) is 7.26. The van der Waals surface area contributed by atoms with Crippen LogP contribution in [0.4, 0.5) is 5.69 Å². The molecule has 0 saturated carbocycles. The predicted octanol–water partition coefficient (Wildman–Crippen LogP) is 1.74. The van der Waals surface area contributed by atoms with Gasteiger partial charge in [-0.2, -0.15) is 0 Å². The number of anilines is 1. The fraction of sp³-hybridized carbons (Fsp3) is 0.533. The van der Waals surface area contributed by atoms with Crippen LogP contribution >= 0.6 is 0 Å². The summed E-state index contributed by atoms with van der Waals surface area (Å²) in [6.07, 6.45) is 0.322. The lowest BCUT2D eigenvalue weighted by Gasteiger charge is -2.21. The van der Waals surface area contributed by atoms with Crippen molar-refractivity contribution in [2.75, 3.05) is 31.1 Å². The van der Waals surface area contributed by atoms with Gasteiger partial charge in [0, 0.05) is 37.4 Å². The maximum Gasteiger partial charge on any atom is 0.253 e. The molecular formula is C15H22N2O2. The average molecular weight is 262 g/mol. The van der Waals surface area contributed by atoms with E-state index in [2.05, 4.69) is 18.7 Å². The van der Waals surface area contributed by atoms with Crippen LogP contribution in [-0.2, 0) is 0 Å². The number of β-amino-alcohol motifs (C(OH)–C–C–N with tert-alkyl or cyclic N) is 1. The molecule has 1 saturated heterocycles. The number of hydrogen-bond donors (Lipinski definition) is 1. The molecule has 1 fully saturated rings. The maximum atomic E-state index is 12.2. The van der Waals surface area contributed by atoms with Gasteiger partial charge in [-0.25, -0.2) is 0 Å². The number of carbonyl (C=O) groups excluding carboxylic acids is 1. The summed E-state index contributed by atoms with van der Waals surface area (Å²) in [5.41, 5.74) is 1.84. The van der Waals surface area contributed by atoms with Crippen molar-refractivity contribution >= 4 is 11.6 Å². The van der Waals surface area contributed by atoms with Crippen LogP contribution in [0.2, 0.25) is 0 Å². The largest absolute Gasteiger partial charge is 0.391 e. The second-order valence-corrected chi connectivity index (χ2v) is 4.91. The Hall–Kier alpha value is -1.55. The Bertz CT molecular complexity index is 426. The zero-order chi connectivity index (χ0) is 13.8. The highest BCUT2D eigenvalue weighted by atomic mass is 16.3. The number of likely N-dealkylation sites (tertiary alicyclic amines) is 1. The zero-order valence-corrected chi connectivity index (χ0v) is 11.7. The third-order valence-corrected chi connectivity index (χ3v) is 3.69. The second-order valence-electron chi connectivity index (χ2n) is 4.91. The normalized spacial score (nSPS) is 18.7. The van der Waals surface area contributed by atoms with Crippen molar-refractivity contribution in [3.8, 4) is 0 Å². The summed E-state index contributed by atoms with van der Waals surface area (Å²) in [5, 5.41) is 9.48. The van der Waals surface area contributed by atoms with Gasteiger partial charge < -0.3 is 14.9 Å². The van der Waals surface area contributed by atoms with Crippen LogP contribution < -0.4 is 4.90 Å². The zero-order valence-electron chi connectivity index (χ0n) is 11.7. The van der Waals surface area contributed by atoms with Crippen LogP contribution in [0.1, 0.15) is 30.6 Å². The summed E-state index contributed by atoms with van der Waals surface area (Å²) in [7, 11) is 0. The number of rotatable bonds is 4. The fourth-order valence-corrected chi connectivity index (χ4v) is 2.51. The minimum absolute atomic E-state index is 0.0163. The third-order valence-electron chi connectivity index (χ3n) is 3.69. The Kier molecular flexibility index (Phi) is 4.43. The lowest BCUT2D eigenvalue weighted by Crippen LogP contribution is -2.29. The van der Waals surface area contributed by atoms with Gasteiger partial charge in [0.05, 0.1) is 6.10 Å². The maximum absolute atomic E-state index is 12.2. The summed E-state index contributed by atoms with van der Waals surface area (Å²) in [6, 6.07) is 7.74. The van der Waals surface area contributed by atoms with Crippen molar-refractivity contribution < 1.29 is 9.90 Å². The van der Waals surface area contributed by atoms with Gasteiger partial charge in [-0.3, -0.25) is 4.79 Å². The Morgan fingerprint density at radius 1 is 1.32 bits per heavy atom. The van der Waals surface area contributed by atoms with E-state index in [-0.39, 0.29) is 12.0 Å². The molecule has 0 spiro atoms. The van der Waals surface area contributed by atoms with Crippen LogP contribution in [0.25, 0.3) is 0 Å². The summed E-state index contributed by atoms with van der Waals surface area (Å²) in [5.74, 6) is 0.0163. The number of carbonyl (C=O) groups is 1. The monoisotopic (exact) mass is 262 g/mol. The number of hydrogen-bond acceptors (Lipinski definition) is 3. The van der Waals surface area contributed by atoms with Crippen molar-refractivity contribution in [3.63, 3.8) is 0 Å². The molecule has 1 aromatic rings. The molecule has 0 bridgehead atoms. The number of benzene rings is 1. The van der Waals surface area contributed by atoms with Crippen molar-refractivity contribution in [1.29, 1.82) is 0 Å². The number of nitrogens with zero attached hydrogens (tertiary/aromatic N) is 2. The standard InChI is InChI=1S/C15H22N2O2/c1-3-16(4-2)13-7-5-12(6-8-13)15(19)17-10-9-14(18)11-17/h5-8,14,18H,3-4,9-11H2,1-2H3/t14-/m0/s1. The highest BCUT2D eigenvalue weighted by Gasteiger charge is 2.25. The van der Waals surface area contributed by atoms with Crippen LogP contribution in [0.3, 0.4) is 0 Å². The molecular weight excluding hydrogens is 240 g/mol. The quantitative estimate of drug-likeness (QED) is 0.899. The van der Waals surface area contributed by atoms with E-state index >= 15 is 0 Å². The average Bonchev–Trinajstić information content (AvgIpc) is 2.87. The van der Waals surface area contributed by atoms with Crippen LogP contribution in [0.15, 0.2) is 24.3 Å². The van der Waals surface area contributed by atoms with Crippen LogP contribution in [0, 0.1) is 0 Å². The molecule has 19 heavy (non-hydrogen) atoms. The lowest BCUT2D eigenvalue weighted by atomic mass is 10.1. The van der Waals surface area contributed by atoms with Gasteiger partial charge in [-0.1, -0.05) is 0 Å². The molecule has 2 rings (SSSR count). The molecule has 1 aliphatic heterocycles. The van der Waals surface area contributed by atoms with Gasteiger partial charge in [0.15, 0.2) is 0 Å². The molecule has 1 heterocycles. The first-order chi connectivity index (χ1) is 9.15. The summed E-state index contributed by atoms with van der Waals surface area (Å²) < 4.78 is 0. The topological polar surface area (TPSA) is 43.8 Å². The molecule has 1 amide bonds. The third kappa shape index (κ3) is 3.07. The summed E-state index contributed by atoms with van der Waals surface area (Å²) in [4.78, 5) is 16.2. The Balaban J connectivity index is 2.07. The highest BCUT2D eigenvalue weighted by molar-refractivity contribution is 5.94. The first-order valence-corrected chi connectivity index (χ1v) is 6.98.